The zero-order valence-electron chi connectivity index (χ0n) is 12.9. The molecule has 5 heteroatoms. The molecule has 0 atom stereocenters. The Balaban J connectivity index is 1.74. The predicted molar refractivity (Wildman–Crippen MR) is 95.0 cm³/mol. The second kappa shape index (κ2) is 6.26. The van der Waals surface area contributed by atoms with E-state index in [0.29, 0.717) is 0 Å². The summed E-state index contributed by atoms with van der Waals surface area (Å²) in [7, 11) is 0. The van der Waals surface area contributed by atoms with Crippen LogP contribution in [0.15, 0.2) is 46.6 Å². The van der Waals surface area contributed by atoms with E-state index in [1.807, 2.05) is 40.3 Å². The van der Waals surface area contributed by atoms with Gasteiger partial charge in [-0.2, -0.15) is 4.98 Å². The molecule has 3 aromatic rings. The first-order valence-corrected chi connectivity index (χ1v) is 8.97. The van der Waals surface area contributed by atoms with Crippen molar-refractivity contribution in [1.82, 2.24) is 14.5 Å². The normalized spacial score (nSPS) is 15.5. The van der Waals surface area contributed by atoms with Gasteiger partial charge >= 0.3 is 5.69 Å². The molecular formula is C18H19N3OS. The topological polar surface area (TPSA) is 38.1 Å². The minimum absolute atomic E-state index is 0.141. The summed E-state index contributed by atoms with van der Waals surface area (Å²) >= 11 is 1.62. The molecule has 0 aliphatic carbocycles. The summed E-state index contributed by atoms with van der Waals surface area (Å²) in [6, 6.07) is 12.0. The third-order valence-corrected chi connectivity index (χ3v) is 5.40. The highest BCUT2D eigenvalue weighted by Crippen LogP contribution is 2.28. The van der Waals surface area contributed by atoms with Crippen molar-refractivity contribution in [3.63, 3.8) is 0 Å². The van der Waals surface area contributed by atoms with Gasteiger partial charge in [-0.05, 0) is 37.4 Å². The fourth-order valence-corrected chi connectivity index (χ4v) is 4.18. The molecule has 0 N–H and O–H groups in total. The van der Waals surface area contributed by atoms with Gasteiger partial charge in [-0.25, -0.2) is 4.79 Å². The summed E-state index contributed by atoms with van der Waals surface area (Å²) in [4.78, 5) is 20.4. The third-order valence-electron chi connectivity index (χ3n) is 4.47. The Bertz CT molecular complexity index is 863. The fourth-order valence-electron chi connectivity index (χ4n) is 3.25. The lowest BCUT2D eigenvalue weighted by atomic mass is 10.1. The standard InChI is InChI=1S/C18H19N3OS/c22-18-19-16(14-6-2-1-3-7-14)15-8-13-23-17(15)21(18)12-11-20-9-4-5-10-20/h1-3,6-8,13H,4-5,9-12H2. The summed E-state index contributed by atoms with van der Waals surface area (Å²) < 4.78 is 1.84. The summed E-state index contributed by atoms with van der Waals surface area (Å²) in [6.45, 7) is 3.95. The molecule has 3 heterocycles. The highest BCUT2D eigenvalue weighted by molar-refractivity contribution is 7.16. The fraction of sp³-hybridized carbons (Fsp3) is 0.333. The first kappa shape index (κ1) is 14.6. The number of hydrogen-bond acceptors (Lipinski definition) is 4. The number of likely N-dealkylation sites (tertiary alicyclic amines) is 1. The van der Waals surface area contributed by atoms with Crippen LogP contribution in [0, 0.1) is 0 Å². The Morgan fingerprint density at radius 1 is 1.04 bits per heavy atom. The lowest BCUT2D eigenvalue weighted by Gasteiger charge is -2.16. The second-order valence-electron chi connectivity index (χ2n) is 5.95. The molecule has 0 bridgehead atoms. The van der Waals surface area contributed by atoms with Crippen molar-refractivity contribution in [3.8, 4) is 11.3 Å². The summed E-state index contributed by atoms with van der Waals surface area (Å²) in [5.41, 5.74) is 1.65. The van der Waals surface area contributed by atoms with Crippen molar-refractivity contribution in [2.24, 2.45) is 0 Å². The molecule has 1 saturated heterocycles. The van der Waals surface area contributed by atoms with Crippen molar-refractivity contribution in [2.45, 2.75) is 19.4 Å². The van der Waals surface area contributed by atoms with E-state index in [1.54, 1.807) is 11.3 Å². The molecule has 1 aliphatic heterocycles. The van der Waals surface area contributed by atoms with Crippen LogP contribution >= 0.6 is 11.3 Å². The van der Waals surface area contributed by atoms with E-state index in [0.717, 1.165) is 47.7 Å². The number of thiophene rings is 1. The third kappa shape index (κ3) is 2.82. The van der Waals surface area contributed by atoms with Crippen molar-refractivity contribution in [2.75, 3.05) is 19.6 Å². The summed E-state index contributed by atoms with van der Waals surface area (Å²) in [5.74, 6) is 0. The highest BCUT2D eigenvalue weighted by atomic mass is 32.1. The molecule has 2 aromatic heterocycles. The maximum absolute atomic E-state index is 12.6. The second-order valence-corrected chi connectivity index (χ2v) is 6.84. The molecule has 1 fully saturated rings. The number of aromatic nitrogens is 2. The average Bonchev–Trinajstić information content (AvgIpc) is 3.26. The van der Waals surface area contributed by atoms with Gasteiger partial charge in [0.15, 0.2) is 0 Å². The van der Waals surface area contributed by atoms with Crippen LogP contribution in [-0.4, -0.2) is 34.1 Å². The molecule has 0 amide bonds. The number of rotatable bonds is 4. The van der Waals surface area contributed by atoms with Gasteiger partial charge in [0.2, 0.25) is 0 Å². The zero-order valence-corrected chi connectivity index (χ0v) is 13.8. The summed E-state index contributed by atoms with van der Waals surface area (Å²) in [6.07, 6.45) is 2.54. The van der Waals surface area contributed by atoms with Crippen molar-refractivity contribution < 1.29 is 0 Å². The first-order valence-electron chi connectivity index (χ1n) is 8.09. The molecule has 0 spiro atoms. The summed E-state index contributed by atoms with van der Waals surface area (Å²) in [5, 5.41) is 3.12. The van der Waals surface area contributed by atoms with Gasteiger partial charge in [0.1, 0.15) is 4.83 Å². The molecule has 118 valence electrons. The van der Waals surface area contributed by atoms with Gasteiger partial charge in [-0.1, -0.05) is 30.3 Å². The molecular weight excluding hydrogens is 306 g/mol. The zero-order chi connectivity index (χ0) is 15.6. The van der Waals surface area contributed by atoms with Crippen LogP contribution in [-0.2, 0) is 6.54 Å². The Morgan fingerprint density at radius 3 is 2.61 bits per heavy atom. The lowest BCUT2D eigenvalue weighted by Crippen LogP contribution is -2.30. The minimum atomic E-state index is -0.141. The Morgan fingerprint density at radius 2 is 1.83 bits per heavy atom. The average molecular weight is 325 g/mol. The minimum Gasteiger partial charge on any atom is -0.302 e. The van der Waals surface area contributed by atoms with Crippen molar-refractivity contribution >= 4 is 21.6 Å². The van der Waals surface area contributed by atoms with E-state index < -0.39 is 0 Å². The lowest BCUT2D eigenvalue weighted by molar-refractivity contribution is 0.322. The largest absolute Gasteiger partial charge is 0.349 e. The molecule has 23 heavy (non-hydrogen) atoms. The molecule has 0 saturated carbocycles. The molecule has 1 aliphatic rings. The van der Waals surface area contributed by atoms with E-state index in [2.05, 4.69) is 16.0 Å². The highest BCUT2D eigenvalue weighted by Gasteiger charge is 2.15. The van der Waals surface area contributed by atoms with Gasteiger partial charge < -0.3 is 4.90 Å². The van der Waals surface area contributed by atoms with Gasteiger partial charge in [-0.15, -0.1) is 11.3 Å². The van der Waals surface area contributed by atoms with Crippen LogP contribution < -0.4 is 5.69 Å². The molecule has 4 nitrogen and oxygen atoms in total. The predicted octanol–water partition coefficient (Wildman–Crippen LogP) is 3.22. The molecule has 1 aromatic carbocycles. The van der Waals surface area contributed by atoms with Gasteiger partial charge in [0.25, 0.3) is 0 Å². The van der Waals surface area contributed by atoms with Gasteiger partial charge in [-0.3, -0.25) is 4.57 Å². The number of nitrogens with zero attached hydrogens (tertiary/aromatic N) is 3. The molecule has 0 radical (unpaired) electrons. The maximum atomic E-state index is 12.6. The van der Waals surface area contributed by atoms with E-state index in [1.165, 1.54) is 12.8 Å². The smallest absolute Gasteiger partial charge is 0.302 e. The maximum Gasteiger partial charge on any atom is 0.349 e. The van der Waals surface area contributed by atoms with E-state index in [9.17, 15) is 4.79 Å². The molecule has 4 rings (SSSR count). The van der Waals surface area contributed by atoms with E-state index in [4.69, 9.17) is 0 Å². The Hall–Kier alpha value is -1.98. The first-order chi connectivity index (χ1) is 11.3. The monoisotopic (exact) mass is 325 g/mol. The van der Waals surface area contributed by atoms with Crippen LogP contribution in [0.4, 0.5) is 0 Å². The Kier molecular flexibility index (Phi) is 3.97. The number of fused-ring (bicyclic) bond motifs is 1. The van der Waals surface area contributed by atoms with Crippen LogP contribution in [0.25, 0.3) is 21.5 Å². The number of benzene rings is 1. The van der Waals surface area contributed by atoms with Crippen LogP contribution in [0.3, 0.4) is 0 Å². The van der Waals surface area contributed by atoms with E-state index in [-0.39, 0.29) is 5.69 Å². The van der Waals surface area contributed by atoms with Crippen LogP contribution in [0.5, 0.6) is 0 Å². The van der Waals surface area contributed by atoms with Gasteiger partial charge in [0, 0.05) is 24.0 Å². The van der Waals surface area contributed by atoms with Crippen molar-refractivity contribution in [1.29, 1.82) is 0 Å². The van der Waals surface area contributed by atoms with Crippen LogP contribution in [0.2, 0.25) is 0 Å². The van der Waals surface area contributed by atoms with Crippen molar-refractivity contribution in [3.05, 3.63) is 52.3 Å². The van der Waals surface area contributed by atoms with Gasteiger partial charge in [0.05, 0.1) is 5.69 Å². The van der Waals surface area contributed by atoms with E-state index >= 15 is 0 Å². The van der Waals surface area contributed by atoms with Crippen LogP contribution in [0.1, 0.15) is 12.8 Å². The Labute approximate surface area is 139 Å². The molecule has 0 unspecified atom stereocenters. The quantitative estimate of drug-likeness (QED) is 0.739. The SMILES string of the molecule is O=c1nc(-c2ccccc2)c2ccsc2n1CCN1CCCC1. The number of hydrogen-bond donors (Lipinski definition) is 0.